The Labute approximate surface area is 178 Å². The van der Waals surface area contributed by atoms with Crippen molar-refractivity contribution in [2.24, 2.45) is 5.73 Å². The van der Waals surface area contributed by atoms with Crippen LogP contribution in [0.4, 0.5) is 5.69 Å². The van der Waals surface area contributed by atoms with E-state index in [-0.39, 0.29) is 28.4 Å². The zero-order valence-electron chi connectivity index (χ0n) is 16.6. The molecule has 0 radical (unpaired) electrons. The monoisotopic (exact) mass is 422 g/mol. The van der Waals surface area contributed by atoms with Crippen molar-refractivity contribution in [1.29, 1.82) is 0 Å². The lowest BCUT2D eigenvalue weighted by atomic mass is 10.1. The molecule has 4 N–H and O–H groups in total. The summed E-state index contributed by atoms with van der Waals surface area (Å²) >= 11 is 1.44. The van der Waals surface area contributed by atoms with Crippen LogP contribution in [0.25, 0.3) is 0 Å². The van der Waals surface area contributed by atoms with Gasteiger partial charge >= 0.3 is 0 Å². The molecule has 3 aromatic rings. The molecule has 0 aliphatic rings. The van der Waals surface area contributed by atoms with Gasteiger partial charge in [-0.2, -0.15) is 0 Å². The summed E-state index contributed by atoms with van der Waals surface area (Å²) in [4.78, 5) is 43.8. The second-order valence-corrected chi connectivity index (χ2v) is 8.07. The van der Waals surface area contributed by atoms with Crippen molar-refractivity contribution in [3.63, 3.8) is 0 Å². The number of nitrogens with two attached hydrogens (primary N) is 1. The van der Waals surface area contributed by atoms with E-state index in [1.54, 1.807) is 25.1 Å². The van der Waals surface area contributed by atoms with Crippen LogP contribution in [-0.2, 0) is 11.2 Å². The average molecular weight is 423 g/mol. The highest BCUT2D eigenvalue weighted by molar-refractivity contribution is 7.99. The van der Waals surface area contributed by atoms with Crippen LogP contribution in [0.3, 0.4) is 0 Å². The second-order valence-electron chi connectivity index (χ2n) is 6.74. The summed E-state index contributed by atoms with van der Waals surface area (Å²) in [5.74, 6) is -1.08. The Bertz CT molecular complexity index is 1130. The normalized spacial score (nSPS) is 11.7. The number of anilines is 1. The SMILES string of the molecule is Cc1nc(SC(C)c2ccccc2)[nH]c(=O)c1CC(=O)Nc1ccccc1C(N)=O. The van der Waals surface area contributed by atoms with Gasteiger partial charge in [0, 0.05) is 16.5 Å². The number of hydrogen-bond donors (Lipinski definition) is 3. The Morgan fingerprint density at radius 2 is 1.80 bits per heavy atom. The highest BCUT2D eigenvalue weighted by Crippen LogP contribution is 2.32. The minimum absolute atomic E-state index is 0.105. The molecule has 2 aromatic carbocycles. The van der Waals surface area contributed by atoms with E-state index in [1.807, 2.05) is 37.3 Å². The number of aryl methyl sites for hydroxylation is 1. The molecule has 0 fully saturated rings. The molecule has 0 aliphatic heterocycles. The van der Waals surface area contributed by atoms with Crippen molar-refractivity contribution < 1.29 is 9.59 Å². The number of H-pyrrole nitrogens is 1. The molecule has 1 atom stereocenters. The predicted molar refractivity (Wildman–Crippen MR) is 118 cm³/mol. The number of hydrogen-bond acceptors (Lipinski definition) is 5. The summed E-state index contributed by atoms with van der Waals surface area (Å²) in [6.45, 7) is 3.74. The third-order valence-corrected chi connectivity index (χ3v) is 5.60. The van der Waals surface area contributed by atoms with Crippen LogP contribution in [0, 0.1) is 6.92 Å². The molecule has 1 heterocycles. The molecular weight excluding hydrogens is 400 g/mol. The summed E-state index contributed by atoms with van der Waals surface area (Å²) in [6.07, 6.45) is -0.166. The molecule has 3 rings (SSSR count). The van der Waals surface area contributed by atoms with Crippen molar-refractivity contribution in [1.82, 2.24) is 9.97 Å². The van der Waals surface area contributed by atoms with Gasteiger partial charge in [0.1, 0.15) is 0 Å². The summed E-state index contributed by atoms with van der Waals surface area (Å²) in [5, 5.41) is 3.24. The van der Waals surface area contributed by atoms with Crippen LogP contribution >= 0.6 is 11.8 Å². The van der Waals surface area contributed by atoms with Gasteiger partial charge in [0.05, 0.1) is 17.7 Å². The number of aromatic amines is 1. The first-order valence-corrected chi connectivity index (χ1v) is 10.2. The van der Waals surface area contributed by atoms with Gasteiger partial charge in [0.25, 0.3) is 11.5 Å². The molecule has 0 aliphatic carbocycles. The van der Waals surface area contributed by atoms with Crippen LogP contribution in [0.1, 0.15) is 39.4 Å². The molecule has 30 heavy (non-hydrogen) atoms. The number of amides is 2. The van der Waals surface area contributed by atoms with Crippen LogP contribution in [0.2, 0.25) is 0 Å². The summed E-state index contributed by atoms with van der Waals surface area (Å²) in [7, 11) is 0. The molecule has 0 saturated heterocycles. The first-order chi connectivity index (χ1) is 14.3. The topological polar surface area (TPSA) is 118 Å². The van der Waals surface area contributed by atoms with E-state index in [0.717, 1.165) is 5.56 Å². The van der Waals surface area contributed by atoms with Gasteiger partial charge in [-0.15, -0.1) is 0 Å². The van der Waals surface area contributed by atoms with Crippen LogP contribution in [0.5, 0.6) is 0 Å². The van der Waals surface area contributed by atoms with Crippen LogP contribution in [0.15, 0.2) is 64.5 Å². The third-order valence-electron chi connectivity index (χ3n) is 4.56. The molecule has 0 spiro atoms. The van der Waals surface area contributed by atoms with Gasteiger partial charge in [0.15, 0.2) is 5.16 Å². The van der Waals surface area contributed by atoms with E-state index in [4.69, 9.17) is 5.73 Å². The Morgan fingerprint density at radius 1 is 1.13 bits per heavy atom. The standard InChI is InChI=1S/C22H22N4O3S/c1-13-17(12-19(27)25-18-11-7-6-10-16(18)20(23)28)21(29)26-22(24-13)30-14(2)15-8-4-3-5-9-15/h3-11,14H,12H2,1-2H3,(H2,23,28)(H,25,27)(H,24,26,29). The highest BCUT2D eigenvalue weighted by atomic mass is 32.2. The molecule has 8 heteroatoms. The van der Waals surface area contributed by atoms with Crippen LogP contribution in [-0.4, -0.2) is 21.8 Å². The molecule has 2 amide bonds. The van der Waals surface area contributed by atoms with Gasteiger partial charge in [-0.3, -0.25) is 14.4 Å². The van der Waals surface area contributed by atoms with Crippen molar-refractivity contribution in [3.8, 4) is 0 Å². The predicted octanol–water partition coefficient (Wildman–Crippen LogP) is 3.21. The Balaban J connectivity index is 1.74. The van der Waals surface area contributed by atoms with E-state index in [9.17, 15) is 14.4 Å². The molecule has 1 unspecified atom stereocenters. The molecule has 7 nitrogen and oxygen atoms in total. The van der Waals surface area contributed by atoms with Gasteiger partial charge in [-0.05, 0) is 31.5 Å². The fourth-order valence-corrected chi connectivity index (χ4v) is 3.94. The zero-order chi connectivity index (χ0) is 21.7. The van der Waals surface area contributed by atoms with E-state index in [0.29, 0.717) is 16.5 Å². The van der Waals surface area contributed by atoms with Gasteiger partial charge in [0.2, 0.25) is 5.91 Å². The number of aromatic nitrogens is 2. The van der Waals surface area contributed by atoms with Crippen molar-refractivity contribution in [2.75, 3.05) is 5.32 Å². The Hall–Kier alpha value is -3.39. The fourth-order valence-electron chi connectivity index (χ4n) is 2.97. The van der Waals surface area contributed by atoms with Crippen LogP contribution < -0.4 is 16.6 Å². The smallest absolute Gasteiger partial charge is 0.255 e. The van der Waals surface area contributed by atoms with Gasteiger partial charge in [-0.25, -0.2) is 4.98 Å². The third kappa shape index (κ3) is 5.15. The number of benzene rings is 2. The van der Waals surface area contributed by atoms with E-state index in [2.05, 4.69) is 15.3 Å². The quantitative estimate of drug-likeness (QED) is 0.399. The largest absolute Gasteiger partial charge is 0.366 e. The highest BCUT2D eigenvalue weighted by Gasteiger charge is 2.16. The summed E-state index contributed by atoms with van der Waals surface area (Å²) in [6, 6.07) is 16.4. The summed E-state index contributed by atoms with van der Waals surface area (Å²) < 4.78 is 0. The Morgan fingerprint density at radius 3 is 2.47 bits per heavy atom. The summed E-state index contributed by atoms with van der Waals surface area (Å²) in [5.41, 5.74) is 7.37. The van der Waals surface area contributed by atoms with Gasteiger partial charge < -0.3 is 16.0 Å². The maximum absolute atomic E-state index is 12.6. The first-order valence-electron chi connectivity index (χ1n) is 9.35. The number of nitrogens with zero attached hydrogens (tertiary/aromatic N) is 1. The molecule has 1 aromatic heterocycles. The average Bonchev–Trinajstić information content (AvgIpc) is 2.71. The fraction of sp³-hybridized carbons (Fsp3) is 0.182. The number of thioether (sulfide) groups is 1. The van der Waals surface area contributed by atoms with Crippen molar-refractivity contribution in [2.45, 2.75) is 30.7 Å². The van der Waals surface area contributed by atoms with Crippen molar-refractivity contribution >= 4 is 29.3 Å². The molecule has 0 bridgehead atoms. The number of nitrogens with one attached hydrogen (secondary N) is 2. The van der Waals surface area contributed by atoms with E-state index in [1.165, 1.54) is 17.8 Å². The van der Waals surface area contributed by atoms with E-state index < -0.39 is 11.8 Å². The molecular formula is C22H22N4O3S. The maximum Gasteiger partial charge on any atom is 0.255 e. The maximum atomic E-state index is 12.6. The minimum Gasteiger partial charge on any atom is -0.366 e. The number of carbonyl (C=O) groups is 2. The van der Waals surface area contributed by atoms with E-state index >= 15 is 0 Å². The number of rotatable bonds is 7. The first kappa shape index (κ1) is 21.3. The number of carbonyl (C=O) groups excluding carboxylic acids is 2. The molecule has 0 saturated carbocycles. The number of primary amides is 1. The lowest BCUT2D eigenvalue weighted by Crippen LogP contribution is -2.25. The molecule has 154 valence electrons. The lowest BCUT2D eigenvalue weighted by Gasteiger charge is -2.12. The Kier molecular flexibility index (Phi) is 6.68. The van der Waals surface area contributed by atoms with Gasteiger partial charge in [-0.1, -0.05) is 54.2 Å². The lowest BCUT2D eigenvalue weighted by molar-refractivity contribution is -0.115. The zero-order valence-corrected chi connectivity index (χ0v) is 17.5. The van der Waals surface area contributed by atoms with Crippen molar-refractivity contribution in [3.05, 3.63) is 87.3 Å². The minimum atomic E-state index is -0.643. The second kappa shape index (κ2) is 9.41. The number of para-hydroxylation sites is 1.